The van der Waals surface area contributed by atoms with Gasteiger partial charge in [-0.2, -0.15) is 0 Å². The maximum Gasteiger partial charge on any atom is 0.268 e. The van der Waals surface area contributed by atoms with E-state index in [1.165, 1.54) is 0 Å². The summed E-state index contributed by atoms with van der Waals surface area (Å²) in [6.45, 7) is 3.36. The molecule has 0 unspecified atom stereocenters. The summed E-state index contributed by atoms with van der Waals surface area (Å²) in [6.07, 6.45) is 2.10. The number of amides is 1. The van der Waals surface area contributed by atoms with Gasteiger partial charge in [-0.25, -0.2) is 0 Å². The summed E-state index contributed by atoms with van der Waals surface area (Å²) >= 11 is 0. The summed E-state index contributed by atoms with van der Waals surface area (Å²) in [6, 6.07) is 3.77. The first kappa shape index (κ1) is 12.0. The number of aryl methyl sites for hydroxylation is 2. The van der Waals surface area contributed by atoms with Crippen LogP contribution in [0.2, 0.25) is 0 Å². The highest BCUT2D eigenvalue weighted by Gasteiger charge is 2.18. The van der Waals surface area contributed by atoms with E-state index in [4.69, 9.17) is 0 Å². The Morgan fingerprint density at radius 2 is 2.26 bits per heavy atom. The summed E-state index contributed by atoms with van der Waals surface area (Å²) in [4.78, 5) is 12.1. The highest BCUT2D eigenvalue weighted by Crippen LogP contribution is 2.14. The van der Waals surface area contributed by atoms with Gasteiger partial charge in [-0.1, -0.05) is 0 Å². The number of nitrogens with one attached hydrogen (secondary N) is 1. The molecule has 1 N–H and O–H groups in total. The molecular formula is C13H17N5O. The second-order valence-corrected chi connectivity index (χ2v) is 4.89. The van der Waals surface area contributed by atoms with Crippen molar-refractivity contribution in [2.75, 3.05) is 0 Å². The van der Waals surface area contributed by atoms with Gasteiger partial charge in [-0.3, -0.25) is 4.79 Å². The van der Waals surface area contributed by atoms with Crippen LogP contribution < -0.4 is 5.32 Å². The maximum absolute atomic E-state index is 12.1. The summed E-state index contributed by atoms with van der Waals surface area (Å²) in [5, 5.41) is 11.2. The minimum atomic E-state index is -0.0778. The van der Waals surface area contributed by atoms with Crippen molar-refractivity contribution in [3.63, 3.8) is 0 Å². The van der Waals surface area contributed by atoms with Crippen LogP contribution in [-0.4, -0.2) is 25.2 Å². The van der Waals surface area contributed by atoms with Gasteiger partial charge in [-0.15, -0.1) is 10.2 Å². The normalized spacial score (nSPS) is 13.6. The fourth-order valence-corrected chi connectivity index (χ4v) is 2.43. The Balaban J connectivity index is 1.69. The lowest BCUT2D eigenvalue weighted by molar-refractivity contribution is 0.0941. The number of carbonyl (C=O) groups is 1. The van der Waals surface area contributed by atoms with Gasteiger partial charge in [0.05, 0.1) is 6.54 Å². The molecule has 2 aromatic rings. The smallest absolute Gasteiger partial charge is 0.268 e. The van der Waals surface area contributed by atoms with Gasteiger partial charge in [0.25, 0.3) is 5.91 Å². The molecule has 1 aliphatic heterocycles. The third kappa shape index (κ3) is 2.03. The lowest BCUT2D eigenvalue weighted by Crippen LogP contribution is -2.26. The number of carbonyl (C=O) groups excluding carboxylic acids is 1. The largest absolute Gasteiger partial charge is 0.344 e. The quantitative estimate of drug-likeness (QED) is 0.886. The van der Waals surface area contributed by atoms with Crippen LogP contribution in [0, 0.1) is 6.92 Å². The van der Waals surface area contributed by atoms with Gasteiger partial charge in [0.1, 0.15) is 11.5 Å². The highest BCUT2D eigenvalue weighted by atomic mass is 16.1. The van der Waals surface area contributed by atoms with E-state index in [-0.39, 0.29) is 5.91 Å². The Labute approximate surface area is 111 Å². The van der Waals surface area contributed by atoms with Crippen molar-refractivity contribution < 1.29 is 4.79 Å². The number of hydrogen-bond donors (Lipinski definition) is 1. The molecule has 100 valence electrons. The number of fused-ring (bicyclic) bond motifs is 1. The predicted octanol–water partition coefficient (Wildman–Crippen LogP) is 0.801. The van der Waals surface area contributed by atoms with Gasteiger partial charge in [0.15, 0.2) is 5.82 Å². The van der Waals surface area contributed by atoms with Crippen molar-refractivity contribution in [2.24, 2.45) is 7.05 Å². The molecule has 0 atom stereocenters. The minimum absolute atomic E-state index is 0.0778. The molecule has 0 bridgehead atoms. The van der Waals surface area contributed by atoms with E-state index < -0.39 is 0 Å². The van der Waals surface area contributed by atoms with Crippen LogP contribution in [0.25, 0.3) is 0 Å². The molecule has 0 radical (unpaired) electrons. The number of nitrogens with zero attached hydrogens (tertiary/aromatic N) is 4. The Bertz CT molecular complexity index is 625. The summed E-state index contributed by atoms with van der Waals surface area (Å²) < 4.78 is 3.97. The van der Waals surface area contributed by atoms with Crippen LogP contribution in [0.4, 0.5) is 0 Å². The van der Waals surface area contributed by atoms with E-state index >= 15 is 0 Å². The Hall–Kier alpha value is -2.11. The van der Waals surface area contributed by atoms with E-state index in [1.54, 1.807) is 0 Å². The monoisotopic (exact) mass is 259 g/mol. The third-order valence-electron chi connectivity index (χ3n) is 3.70. The van der Waals surface area contributed by atoms with Crippen LogP contribution in [0.1, 0.15) is 34.3 Å². The first-order valence-corrected chi connectivity index (χ1v) is 6.48. The fraction of sp³-hybridized carbons (Fsp3) is 0.462. The first-order chi connectivity index (χ1) is 9.16. The zero-order chi connectivity index (χ0) is 13.4. The molecule has 6 heteroatoms. The molecule has 2 aromatic heterocycles. The van der Waals surface area contributed by atoms with Crippen molar-refractivity contribution in [1.82, 2.24) is 24.6 Å². The second-order valence-electron chi connectivity index (χ2n) is 4.89. The van der Waals surface area contributed by atoms with E-state index in [0.29, 0.717) is 12.2 Å². The molecule has 0 aliphatic carbocycles. The zero-order valence-corrected chi connectivity index (χ0v) is 11.2. The standard InChI is InChI=1S/C13H17N5O/c1-9-5-6-10(17(9)2)13(19)14-8-12-16-15-11-4-3-7-18(11)12/h5-6H,3-4,7-8H2,1-2H3,(H,14,19). The third-order valence-corrected chi connectivity index (χ3v) is 3.70. The van der Waals surface area contributed by atoms with Gasteiger partial charge in [-0.05, 0) is 25.5 Å². The van der Waals surface area contributed by atoms with E-state index in [1.807, 2.05) is 30.7 Å². The van der Waals surface area contributed by atoms with Gasteiger partial charge >= 0.3 is 0 Å². The van der Waals surface area contributed by atoms with E-state index in [2.05, 4.69) is 20.1 Å². The molecular weight excluding hydrogens is 242 g/mol. The van der Waals surface area contributed by atoms with Crippen molar-refractivity contribution >= 4 is 5.91 Å². The summed E-state index contributed by atoms with van der Waals surface area (Å²) in [5.74, 6) is 1.79. The van der Waals surface area contributed by atoms with Crippen LogP contribution >= 0.6 is 0 Å². The molecule has 1 aliphatic rings. The summed E-state index contributed by atoms with van der Waals surface area (Å²) in [5.41, 5.74) is 1.73. The molecule has 0 fully saturated rings. The average Bonchev–Trinajstić information content (AvgIpc) is 3.05. The highest BCUT2D eigenvalue weighted by molar-refractivity contribution is 5.92. The average molecular weight is 259 g/mol. The van der Waals surface area contributed by atoms with Crippen LogP contribution in [-0.2, 0) is 26.6 Å². The topological polar surface area (TPSA) is 64.7 Å². The van der Waals surface area contributed by atoms with E-state index in [9.17, 15) is 4.79 Å². The molecule has 19 heavy (non-hydrogen) atoms. The molecule has 0 saturated heterocycles. The number of rotatable bonds is 3. The lowest BCUT2D eigenvalue weighted by atomic mass is 10.4. The molecule has 3 rings (SSSR count). The Kier molecular flexibility index (Phi) is 2.85. The zero-order valence-electron chi connectivity index (χ0n) is 11.2. The van der Waals surface area contributed by atoms with Crippen LogP contribution in [0.3, 0.4) is 0 Å². The summed E-state index contributed by atoms with van der Waals surface area (Å²) in [7, 11) is 1.89. The lowest BCUT2D eigenvalue weighted by Gasteiger charge is -2.07. The molecule has 6 nitrogen and oxygen atoms in total. The van der Waals surface area contributed by atoms with Crippen molar-refractivity contribution in [1.29, 1.82) is 0 Å². The van der Waals surface area contributed by atoms with E-state index in [0.717, 1.165) is 36.7 Å². The van der Waals surface area contributed by atoms with Crippen LogP contribution in [0.15, 0.2) is 12.1 Å². The molecule has 0 spiro atoms. The van der Waals surface area contributed by atoms with Gasteiger partial charge < -0.3 is 14.5 Å². The Morgan fingerprint density at radius 1 is 1.42 bits per heavy atom. The van der Waals surface area contributed by atoms with Gasteiger partial charge in [0.2, 0.25) is 0 Å². The molecule has 1 amide bonds. The Morgan fingerprint density at radius 3 is 3.00 bits per heavy atom. The first-order valence-electron chi connectivity index (χ1n) is 6.48. The predicted molar refractivity (Wildman–Crippen MR) is 69.7 cm³/mol. The van der Waals surface area contributed by atoms with Crippen molar-refractivity contribution in [2.45, 2.75) is 32.9 Å². The SMILES string of the molecule is Cc1ccc(C(=O)NCc2nnc3n2CCC3)n1C. The second kappa shape index (κ2) is 4.53. The number of aromatic nitrogens is 4. The maximum atomic E-state index is 12.1. The molecule has 0 aromatic carbocycles. The van der Waals surface area contributed by atoms with Crippen molar-refractivity contribution in [3.05, 3.63) is 35.2 Å². The van der Waals surface area contributed by atoms with Gasteiger partial charge in [0, 0.05) is 25.7 Å². The number of hydrogen-bond acceptors (Lipinski definition) is 3. The fourth-order valence-electron chi connectivity index (χ4n) is 2.43. The minimum Gasteiger partial charge on any atom is -0.344 e. The molecule has 3 heterocycles. The van der Waals surface area contributed by atoms with Crippen molar-refractivity contribution in [3.8, 4) is 0 Å². The van der Waals surface area contributed by atoms with Crippen LogP contribution in [0.5, 0.6) is 0 Å². The molecule has 0 saturated carbocycles.